The largest absolute Gasteiger partial charge is 0.367 e. The first kappa shape index (κ1) is 26.6. The molecule has 1 aliphatic carbocycles. The second-order valence-corrected chi connectivity index (χ2v) is 11.2. The van der Waals surface area contributed by atoms with Crippen LogP contribution >= 0.6 is 23.2 Å². The van der Waals surface area contributed by atoms with Gasteiger partial charge in [0.25, 0.3) is 5.91 Å². The van der Waals surface area contributed by atoms with Crippen molar-refractivity contribution in [2.24, 2.45) is 5.92 Å². The van der Waals surface area contributed by atoms with Gasteiger partial charge in [0.15, 0.2) is 0 Å². The molecular weight excluding hydrogens is 523 g/mol. The number of rotatable bonds is 5. The second kappa shape index (κ2) is 11.4. The topological polar surface area (TPSA) is 85.5 Å². The summed E-state index contributed by atoms with van der Waals surface area (Å²) in [4.78, 5) is 46.5. The number of pyridine rings is 1. The number of nitrogens with one attached hydrogen (secondary N) is 2. The van der Waals surface area contributed by atoms with Crippen LogP contribution in [0.5, 0.6) is 0 Å². The molecule has 9 heteroatoms. The first-order valence-electron chi connectivity index (χ1n) is 13.2. The molecule has 2 fully saturated rings. The molecule has 1 unspecified atom stereocenters. The molecule has 0 bridgehead atoms. The van der Waals surface area contributed by atoms with E-state index in [-0.39, 0.29) is 17.4 Å². The third kappa shape index (κ3) is 5.69. The number of fused-ring (bicyclic) bond motifs is 1. The number of aryl methyl sites for hydroxylation is 1. The van der Waals surface area contributed by atoms with Gasteiger partial charge in [-0.2, -0.15) is 0 Å². The molecule has 2 N–H and O–H groups in total. The Morgan fingerprint density at radius 3 is 2.55 bits per heavy atom. The maximum absolute atomic E-state index is 14.0. The SMILES string of the molecule is Cc1ccc2[nH]c(=O)cc(C(=O)N3CCN(c4ccc(Cl)c(Cl)c4)CC3C(=O)NCC3CCCCC3)c2c1. The molecule has 0 spiro atoms. The number of aromatic nitrogens is 1. The lowest BCUT2D eigenvalue weighted by atomic mass is 9.89. The molecule has 2 aliphatic rings. The molecule has 3 aromatic rings. The van der Waals surface area contributed by atoms with Crippen LogP contribution in [0, 0.1) is 12.8 Å². The third-order valence-corrected chi connectivity index (χ3v) is 8.47. The molecule has 2 aromatic carbocycles. The number of H-pyrrole nitrogens is 1. The van der Waals surface area contributed by atoms with Crippen molar-refractivity contribution in [3.63, 3.8) is 0 Å². The van der Waals surface area contributed by atoms with Crippen molar-refractivity contribution in [3.05, 3.63) is 74.0 Å². The van der Waals surface area contributed by atoms with Crippen LogP contribution < -0.4 is 15.8 Å². The summed E-state index contributed by atoms with van der Waals surface area (Å²) in [6.07, 6.45) is 5.85. The summed E-state index contributed by atoms with van der Waals surface area (Å²) in [5, 5.41) is 4.70. The van der Waals surface area contributed by atoms with E-state index >= 15 is 0 Å². The molecule has 200 valence electrons. The predicted octanol–water partition coefficient (Wildman–Crippen LogP) is 5.17. The minimum Gasteiger partial charge on any atom is -0.367 e. The summed E-state index contributed by atoms with van der Waals surface area (Å²) in [7, 11) is 0. The molecular formula is C29H32Cl2N4O3. The molecule has 5 rings (SSSR count). The van der Waals surface area contributed by atoms with Crippen LogP contribution in [-0.4, -0.2) is 53.9 Å². The van der Waals surface area contributed by atoms with E-state index in [9.17, 15) is 14.4 Å². The molecule has 1 aromatic heterocycles. The van der Waals surface area contributed by atoms with Crippen molar-refractivity contribution in [2.75, 3.05) is 31.1 Å². The minimum atomic E-state index is -0.728. The number of piperazine rings is 1. The van der Waals surface area contributed by atoms with E-state index in [1.807, 2.05) is 25.1 Å². The summed E-state index contributed by atoms with van der Waals surface area (Å²) in [6.45, 7) is 3.69. The van der Waals surface area contributed by atoms with Gasteiger partial charge in [-0.25, -0.2) is 0 Å². The zero-order chi connectivity index (χ0) is 26.8. The Labute approximate surface area is 232 Å². The van der Waals surface area contributed by atoms with Crippen molar-refractivity contribution in [2.45, 2.75) is 45.1 Å². The first-order chi connectivity index (χ1) is 18.3. The average Bonchev–Trinajstić information content (AvgIpc) is 2.93. The standard InChI is InChI=1S/C29H32Cl2N4O3/c1-18-7-10-25-21(13-18)22(15-27(36)33-25)29(38)35-12-11-34(20-8-9-23(30)24(31)14-20)17-26(35)28(37)32-16-19-5-3-2-4-6-19/h7-10,13-15,19,26H,2-6,11-12,16-17H2,1H3,(H,32,37)(H,33,36). The molecule has 1 saturated carbocycles. The molecule has 1 saturated heterocycles. The van der Waals surface area contributed by atoms with E-state index in [1.54, 1.807) is 23.1 Å². The zero-order valence-corrected chi connectivity index (χ0v) is 22.9. The molecule has 2 amide bonds. The van der Waals surface area contributed by atoms with Crippen LogP contribution in [0.25, 0.3) is 10.9 Å². The van der Waals surface area contributed by atoms with Gasteiger partial charge >= 0.3 is 0 Å². The number of halogens is 2. The number of benzene rings is 2. The number of aromatic amines is 1. The summed E-state index contributed by atoms with van der Waals surface area (Å²) in [6, 6.07) is 11.6. The Bertz CT molecular complexity index is 1420. The van der Waals surface area contributed by atoms with Gasteiger partial charge in [-0.1, -0.05) is 54.1 Å². The number of amides is 2. The fraction of sp³-hybridized carbons (Fsp3) is 0.414. The lowest BCUT2D eigenvalue weighted by molar-refractivity contribution is -0.126. The minimum absolute atomic E-state index is 0.181. The number of hydrogen-bond acceptors (Lipinski definition) is 4. The van der Waals surface area contributed by atoms with Crippen molar-refractivity contribution in [1.82, 2.24) is 15.2 Å². The van der Waals surface area contributed by atoms with E-state index in [4.69, 9.17) is 23.2 Å². The zero-order valence-electron chi connectivity index (χ0n) is 21.4. The third-order valence-electron chi connectivity index (χ3n) is 7.73. The van der Waals surface area contributed by atoms with Gasteiger partial charge in [0.05, 0.1) is 15.6 Å². The van der Waals surface area contributed by atoms with Gasteiger partial charge < -0.3 is 20.1 Å². The van der Waals surface area contributed by atoms with Gasteiger partial charge in [0.2, 0.25) is 11.5 Å². The van der Waals surface area contributed by atoms with Crippen molar-refractivity contribution in [3.8, 4) is 0 Å². The average molecular weight is 556 g/mol. The quantitative estimate of drug-likeness (QED) is 0.455. The van der Waals surface area contributed by atoms with Gasteiger partial charge in [0.1, 0.15) is 6.04 Å². The van der Waals surface area contributed by atoms with Crippen LogP contribution in [0.2, 0.25) is 10.0 Å². The molecule has 0 radical (unpaired) electrons. The molecule has 1 aliphatic heterocycles. The highest BCUT2D eigenvalue weighted by molar-refractivity contribution is 6.42. The van der Waals surface area contributed by atoms with Crippen LogP contribution in [0.1, 0.15) is 48.0 Å². The Balaban J connectivity index is 1.45. The van der Waals surface area contributed by atoms with E-state index in [0.29, 0.717) is 58.6 Å². The van der Waals surface area contributed by atoms with Crippen LogP contribution in [0.15, 0.2) is 47.3 Å². The fourth-order valence-corrected chi connectivity index (χ4v) is 5.91. The molecule has 2 heterocycles. The Hall–Kier alpha value is -3.03. The van der Waals surface area contributed by atoms with E-state index in [1.165, 1.54) is 25.3 Å². The van der Waals surface area contributed by atoms with Crippen molar-refractivity contribution >= 4 is 51.6 Å². The second-order valence-electron chi connectivity index (χ2n) is 10.4. The number of carbonyl (C=O) groups excluding carboxylic acids is 2. The predicted molar refractivity (Wildman–Crippen MR) is 152 cm³/mol. The first-order valence-corrected chi connectivity index (χ1v) is 14.0. The summed E-state index contributed by atoms with van der Waals surface area (Å²) in [5.74, 6) is -0.0384. The fourth-order valence-electron chi connectivity index (χ4n) is 5.62. The van der Waals surface area contributed by atoms with Gasteiger partial charge in [0, 0.05) is 48.8 Å². The van der Waals surface area contributed by atoms with Crippen LogP contribution in [0.4, 0.5) is 5.69 Å². The monoisotopic (exact) mass is 554 g/mol. The number of hydrogen-bond donors (Lipinski definition) is 2. The van der Waals surface area contributed by atoms with Gasteiger partial charge in [-0.3, -0.25) is 14.4 Å². The Kier molecular flexibility index (Phi) is 7.96. The lowest BCUT2D eigenvalue weighted by Crippen LogP contribution is -2.61. The maximum atomic E-state index is 14.0. The maximum Gasteiger partial charge on any atom is 0.255 e. The van der Waals surface area contributed by atoms with Gasteiger partial charge in [-0.15, -0.1) is 0 Å². The summed E-state index contributed by atoms with van der Waals surface area (Å²) >= 11 is 12.4. The highest BCUT2D eigenvalue weighted by Gasteiger charge is 2.37. The van der Waals surface area contributed by atoms with E-state index < -0.39 is 6.04 Å². The molecule has 38 heavy (non-hydrogen) atoms. The highest BCUT2D eigenvalue weighted by Crippen LogP contribution is 2.30. The van der Waals surface area contributed by atoms with Gasteiger partial charge in [-0.05, 0) is 56.0 Å². The number of anilines is 1. The van der Waals surface area contributed by atoms with Crippen LogP contribution in [-0.2, 0) is 4.79 Å². The normalized spacial score (nSPS) is 18.6. The van der Waals surface area contributed by atoms with Crippen molar-refractivity contribution in [1.29, 1.82) is 0 Å². The molecule has 7 nitrogen and oxygen atoms in total. The number of nitrogens with zero attached hydrogens (tertiary/aromatic N) is 2. The smallest absolute Gasteiger partial charge is 0.255 e. The Morgan fingerprint density at radius 1 is 1.00 bits per heavy atom. The van der Waals surface area contributed by atoms with Crippen molar-refractivity contribution < 1.29 is 9.59 Å². The highest BCUT2D eigenvalue weighted by atomic mass is 35.5. The lowest BCUT2D eigenvalue weighted by Gasteiger charge is -2.42. The molecule has 1 atom stereocenters. The van der Waals surface area contributed by atoms with E-state index in [2.05, 4.69) is 15.2 Å². The summed E-state index contributed by atoms with van der Waals surface area (Å²) in [5.41, 5.74) is 2.37. The van der Waals surface area contributed by atoms with E-state index in [0.717, 1.165) is 24.1 Å². The Morgan fingerprint density at radius 2 is 1.79 bits per heavy atom. The summed E-state index contributed by atoms with van der Waals surface area (Å²) < 4.78 is 0. The van der Waals surface area contributed by atoms with Crippen LogP contribution in [0.3, 0.4) is 0 Å². The number of carbonyl (C=O) groups is 2.